The monoisotopic (exact) mass is 349 g/mol. The van der Waals surface area contributed by atoms with Crippen LogP contribution in [0, 0.1) is 11.8 Å². The van der Waals surface area contributed by atoms with Gasteiger partial charge in [-0.25, -0.2) is 0 Å². The predicted molar refractivity (Wildman–Crippen MR) is 97.0 cm³/mol. The average molecular weight is 350 g/mol. The number of carbonyl (C=O) groups is 1. The number of rotatable bonds is 10. The Morgan fingerprint density at radius 1 is 1.17 bits per heavy atom. The van der Waals surface area contributed by atoms with Crippen molar-refractivity contribution >= 4 is 18.4 Å². The maximum absolute atomic E-state index is 12.5. The summed E-state index contributed by atoms with van der Waals surface area (Å²) in [6.45, 7) is 9.43. The van der Waals surface area contributed by atoms with Gasteiger partial charge in [0.2, 0.25) is 0 Å². The standard InChI is InChI=1S/C18H35NO3.ClH/c1-4-10-16(20)17(15-11-8-7-9-12-15)18(21)22-14-13-19(5-2)6-3;/h15-17,20H,4-14H2,1-3H3;1H. The van der Waals surface area contributed by atoms with Crippen LogP contribution in [0.1, 0.15) is 65.7 Å². The number of aliphatic hydroxyl groups excluding tert-OH is 1. The van der Waals surface area contributed by atoms with Crippen LogP contribution in [0.15, 0.2) is 0 Å². The summed E-state index contributed by atoms with van der Waals surface area (Å²) in [5.74, 6) is -0.201. The van der Waals surface area contributed by atoms with Crippen LogP contribution in [-0.2, 0) is 9.53 Å². The molecule has 1 rings (SSSR count). The lowest BCUT2D eigenvalue weighted by atomic mass is 9.76. The molecule has 0 spiro atoms. The second kappa shape index (κ2) is 13.0. The van der Waals surface area contributed by atoms with E-state index < -0.39 is 6.10 Å². The Morgan fingerprint density at radius 2 is 1.78 bits per heavy atom. The Morgan fingerprint density at radius 3 is 2.30 bits per heavy atom. The minimum atomic E-state index is -0.547. The van der Waals surface area contributed by atoms with Crippen molar-refractivity contribution in [3.05, 3.63) is 0 Å². The first kappa shape index (κ1) is 22.7. The van der Waals surface area contributed by atoms with E-state index in [1.54, 1.807) is 0 Å². The zero-order valence-electron chi connectivity index (χ0n) is 15.1. The molecule has 0 bridgehead atoms. The van der Waals surface area contributed by atoms with Gasteiger partial charge in [0, 0.05) is 6.54 Å². The number of ether oxygens (including phenoxy) is 1. The van der Waals surface area contributed by atoms with E-state index in [0.29, 0.717) is 18.9 Å². The van der Waals surface area contributed by atoms with Crippen LogP contribution in [0.4, 0.5) is 0 Å². The van der Waals surface area contributed by atoms with Gasteiger partial charge in [-0.05, 0) is 38.3 Å². The lowest BCUT2D eigenvalue weighted by Gasteiger charge is -2.32. The Kier molecular flexibility index (Phi) is 12.8. The van der Waals surface area contributed by atoms with Gasteiger partial charge in [0.25, 0.3) is 0 Å². The van der Waals surface area contributed by atoms with Crippen LogP contribution in [0.25, 0.3) is 0 Å². The van der Waals surface area contributed by atoms with Crippen LogP contribution in [0.3, 0.4) is 0 Å². The molecule has 1 saturated carbocycles. The topological polar surface area (TPSA) is 49.8 Å². The quantitative estimate of drug-likeness (QED) is 0.611. The summed E-state index contributed by atoms with van der Waals surface area (Å²) in [5.41, 5.74) is 0. The molecule has 0 aromatic carbocycles. The maximum Gasteiger partial charge on any atom is 0.311 e. The van der Waals surface area contributed by atoms with Crippen molar-refractivity contribution in [1.29, 1.82) is 0 Å². The molecule has 5 heteroatoms. The van der Waals surface area contributed by atoms with Gasteiger partial charge in [-0.3, -0.25) is 4.79 Å². The van der Waals surface area contributed by atoms with E-state index in [-0.39, 0.29) is 24.3 Å². The molecule has 1 aliphatic carbocycles. The average Bonchev–Trinajstić information content (AvgIpc) is 2.53. The highest BCUT2D eigenvalue weighted by Crippen LogP contribution is 2.33. The zero-order valence-corrected chi connectivity index (χ0v) is 15.9. The summed E-state index contributed by atoms with van der Waals surface area (Å²) in [5, 5.41) is 10.4. The SMILES string of the molecule is CCCC(O)C(C(=O)OCCN(CC)CC)C1CCCCC1.Cl. The third kappa shape index (κ3) is 7.86. The van der Waals surface area contributed by atoms with E-state index in [0.717, 1.165) is 38.9 Å². The van der Waals surface area contributed by atoms with Gasteiger partial charge in [0.1, 0.15) is 6.61 Å². The van der Waals surface area contributed by atoms with E-state index >= 15 is 0 Å². The van der Waals surface area contributed by atoms with Gasteiger partial charge in [-0.1, -0.05) is 46.5 Å². The molecule has 0 amide bonds. The summed E-state index contributed by atoms with van der Waals surface area (Å²) in [7, 11) is 0. The Balaban J connectivity index is 0.00000484. The summed E-state index contributed by atoms with van der Waals surface area (Å²) in [4.78, 5) is 14.8. The van der Waals surface area contributed by atoms with Crippen molar-refractivity contribution in [1.82, 2.24) is 4.90 Å². The van der Waals surface area contributed by atoms with E-state index in [1.807, 2.05) is 6.92 Å². The lowest BCUT2D eigenvalue weighted by molar-refractivity contribution is -0.156. The van der Waals surface area contributed by atoms with Gasteiger partial charge in [0.05, 0.1) is 12.0 Å². The first-order valence-corrected chi connectivity index (χ1v) is 9.21. The number of carbonyl (C=O) groups excluding carboxylic acids is 1. The van der Waals surface area contributed by atoms with Crippen molar-refractivity contribution in [3.8, 4) is 0 Å². The number of hydrogen-bond donors (Lipinski definition) is 1. The Bertz CT molecular complexity index is 305. The highest BCUT2D eigenvalue weighted by molar-refractivity contribution is 5.85. The Labute approximate surface area is 148 Å². The van der Waals surface area contributed by atoms with E-state index in [1.165, 1.54) is 19.3 Å². The van der Waals surface area contributed by atoms with Gasteiger partial charge < -0.3 is 14.7 Å². The minimum Gasteiger partial charge on any atom is -0.464 e. The highest BCUT2D eigenvalue weighted by Gasteiger charge is 2.35. The van der Waals surface area contributed by atoms with Gasteiger partial charge in [-0.2, -0.15) is 0 Å². The molecule has 1 aliphatic rings. The van der Waals surface area contributed by atoms with Crippen molar-refractivity contribution in [2.75, 3.05) is 26.2 Å². The summed E-state index contributed by atoms with van der Waals surface area (Å²) in [6.07, 6.45) is 6.74. The number of halogens is 1. The summed E-state index contributed by atoms with van der Waals surface area (Å²) >= 11 is 0. The Hall–Kier alpha value is -0.320. The second-order valence-corrected chi connectivity index (χ2v) is 6.47. The molecule has 0 heterocycles. The molecule has 0 saturated heterocycles. The van der Waals surface area contributed by atoms with Crippen LogP contribution < -0.4 is 0 Å². The number of hydrogen-bond acceptors (Lipinski definition) is 4. The van der Waals surface area contributed by atoms with Crippen molar-refractivity contribution in [2.45, 2.75) is 71.8 Å². The fourth-order valence-corrected chi connectivity index (χ4v) is 3.54. The number of nitrogens with zero attached hydrogens (tertiary/aromatic N) is 1. The first-order valence-electron chi connectivity index (χ1n) is 9.21. The molecular formula is C18H36ClNO3. The van der Waals surface area contributed by atoms with Crippen molar-refractivity contribution < 1.29 is 14.6 Å². The van der Waals surface area contributed by atoms with E-state index in [4.69, 9.17) is 4.74 Å². The molecule has 1 fully saturated rings. The highest BCUT2D eigenvalue weighted by atomic mass is 35.5. The first-order chi connectivity index (χ1) is 10.6. The van der Waals surface area contributed by atoms with E-state index in [2.05, 4.69) is 18.7 Å². The lowest BCUT2D eigenvalue weighted by Crippen LogP contribution is -2.38. The maximum atomic E-state index is 12.5. The molecule has 0 aromatic heterocycles. The molecule has 2 unspecified atom stereocenters. The third-order valence-corrected chi connectivity index (χ3v) is 4.98. The second-order valence-electron chi connectivity index (χ2n) is 6.47. The van der Waals surface area contributed by atoms with Gasteiger partial charge in [-0.15, -0.1) is 12.4 Å². The molecule has 2 atom stereocenters. The molecule has 1 N–H and O–H groups in total. The molecule has 138 valence electrons. The van der Waals surface area contributed by atoms with Crippen molar-refractivity contribution in [3.63, 3.8) is 0 Å². The molecule has 0 radical (unpaired) electrons. The predicted octanol–water partition coefficient (Wildman–Crippen LogP) is 3.65. The van der Waals surface area contributed by atoms with Gasteiger partial charge >= 0.3 is 5.97 Å². The van der Waals surface area contributed by atoms with E-state index in [9.17, 15) is 9.90 Å². The molecule has 23 heavy (non-hydrogen) atoms. The zero-order chi connectivity index (χ0) is 16.4. The third-order valence-electron chi connectivity index (χ3n) is 4.98. The summed E-state index contributed by atoms with van der Waals surface area (Å²) in [6, 6.07) is 0. The van der Waals surface area contributed by atoms with Crippen LogP contribution in [-0.4, -0.2) is 48.3 Å². The smallest absolute Gasteiger partial charge is 0.311 e. The van der Waals surface area contributed by atoms with Crippen LogP contribution in [0.2, 0.25) is 0 Å². The fraction of sp³-hybridized carbons (Fsp3) is 0.944. The van der Waals surface area contributed by atoms with Crippen LogP contribution in [0.5, 0.6) is 0 Å². The minimum absolute atomic E-state index is 0. The number of aliphatic hydroxyl groups is 1. The van der Waals surface area contributed by atoms with Crippen LogP contribution >= 0.6 is 12.4 Å². The number of esters is 1. The summed E-state index contributed by atoms with van der Waals surface area (Å²) < 4.78 is 5.52. The molecule has 4 nitrogen and oxygen atoms in total. The fourth-order valence-electron chi connectivity index (χ4n) is 3.54. The number of likely N-dealkylation sites (N-methyl/N-ethyl adjacent to an activating group) is 1. The van der Waals surface area contributed by atoms with Gasteiger partial charge in [0.15, 0.2) is 0 Å². The molecule has 0 aromatic rings. The molecule has 0 aliphatic heterocycles. The normalized spacial score (nSPS) is 18.3. The largest absolute Gasteiger partial charge is 0.464 e. The molecular weight excluding hydrogens is 314 g/mol. The van der Waals surface area contributed by atoms with Crippen molar-refractivity contribution in [2.24, 2.45) is 11.8 Å².